The molecule has 2 rings (SSSR count). The maximum Gasteiger partial charge on any atom is 0.161 e. The van der Waals surface area contributed by atoms with Crippen LogP contribution in [-0.2, 0) is 6.61 Å². The van der Waals surface area contributed by atoms with Gasteiger partial charge in [-0.15, -0.1) is 0 Å². The van der Waals surface area contributed by atoms with E-state index in [0.29, 0.717) is 12.5 Å². The molecule has 0 aliphatic heterocycles. The quantitative estimate of drug-likeness (QED) is 0.890. The second-order valence-corrected chi connectivity index (χ2v) is 5.88. The van der Waals surface area contributed by atoms with Crippen LogP contribution in [0, 0.1) is 11.8 Å². The molecule has 3 heteroatoms. The minimum Gasteiger partial charge on any atom is -0.490 e. The van der Waals surface area contributed by atoms with Crippen LogP contribution in [0.15, 0.2) is 18.2 Å². The van der Waals surface area contributed by atoms with Crippen LogP contribution in [0.25, 0.3) is 0 Å². The molecule has 1 fully saturated rings. The number of benzene rings is 1. The monoisotopic (exact) mass is 278 g/mol. The van der Waals surface area contributed by atoms with Gasteiger partial charge in [-0.3, -0.25) is 0 Å². The van der Waals surface area contributed by atoms with Gasteiger partial charge in [0, 0.05) is 0 Å². The predicted octanol–water partition coefficient (Wildman–Crippen LogP) is 3.78. The van der Waals surface area contributed by atoms with Gasteiger partial charge in [-0.25, -0.2) is 0 Å². The average Bonchev–Trinajstić information content (AvgIpc) is 2.45. The molecule has 1 aromatic carbocycles. The van der Waals surface area contributed by atoms with E-state index in [9.17, 15) is 5.11 Å². The summed E-state index contributed by atoms with van der Waals surface area (Å²) in [5.74, 6) is 3.04. The van der Waals surface area contributed by atoms with Gasteiger partial charge in [0.15, 0.2) is 11.5 Å². The van der Waals surface area contributed by atoms with E-state index in [2.05, 4.69) is 13.8 Å². The molecule has 1 aromatic rings. The normalized spacial score (nSPS) is 26.3. The minimum atomic E-state index is 0.0261. The zero-order valence-electron chi connectivity index (χ0n) is 12.8. The first-order valence-corrected chi connectivity index (χ1v) is 7.67. The lowest BCUT2D eigenvalue weighted by atomic mass is 9.80. The molecule has 0 amide bonds. The Morgan fingerprint density at radius 3 is 2.60 bits per heavy atom. The Labute approximate surface area is 121 Å². The number of aliphatic hydroxyl groups excluding tert-OH is 1. The van der Waals surface area contributed by atoms with Crippen molar-refractivity contribution < 1.29 is 14.6 Å². The molecule has 0 heterocycles. The van der Waals surface area contributed by atoms with Gasteiger partial charge in [0.1, 0.15) is 0 Å². The summed E-state index contributed by atoms with van der Waals surface area (Å²) in [4.78, 5) is 0. The third kappa shape index (κ3) is 3.66. The van der Waals surface area contributed by atoms with E-state index < -0.39 is 0 Å². The van der Waals surface area contributed by atoms with Gasteiger partial charge in [-0.2, -0.15) is 0 Å². The molecule has 3 nitrogen and oxygen atoms in total. The molecule has 20 heavy (non-hydrogen) atoms. The highest BCUT2D eigenvalue weighted by Crippen LogP contribution is 2.35. The van der Waals surface area contributed by atoms with Crippen molar-refractivity contribution in [3.05, 3.63) is 23.8 Å². The van der Waals surface area contributed by atoms with Crippen molar-refractivity contribution in [2.45, 2.75) is 52.7 Å². The van der Waals surface area contributed by atoms with Crippen molar-refractivity contribution in [1.82, 2.24) is 0 Å². The highest BCUT2D eigenvalue weighted by molar-refractivity contribution is 5.43. The van der Waals surface area contributed by atoms with E-state index in [-0.39, 0.29) is 12.7 Å². The maximum absolute atomic E-state index is 9.21. The number of hydrogen-bond acceptors (Lipinski definition) is 3. The number of aliphatic hydroxyl groups is 1. The van der Waals surface area contributed by atoms with Crippen LogP contribution >= 0.6 is 0 Å². The van der Waals surface area contributed by atoms with Crippen LogP contribution in [0.4, 0.5) is 0 Å². The van der Waals surface area contributed by atoms with Crippen LogP contribution in [0.2, 0.25) is 0 Å². The van der Waals surface area contributed by atoms with E-state index in [4.69, 9.17) is 9.47 Å². The molecule has 112 valence electrons. The summed E-state index contributed by atoms with van der Waals surface area (Å²) in [6, 6.07) is 5.68. The third-order valence-corrected chi connectivity index (χ3v) is 4.33. The summed E-state index contributed by atoms with van der Waals surface area (Å²) in [6.45, 7) is 7.21. The molecular formula is C17H26O3. The van der Waals surface area contributed by atoms with Gasteiger partial charge in [-0.05, 0) is 55.7 Å². The molecule has 0 aromatic heterocycles. The molecule has 1 N–H and O–H groups in total. The van der Waals surface area contributed by atoms with Gasteiger partial charge >= 0.3 is 0 Å². The van der Waals surface area contributed by atoms with Gasteiger partial charge in [-0.1, -0.05) is 19.9 Å². The molecule has 3 atom stereocenters. The second-order valence-electron chi connectivity index (χ2n) is 5.88. The maximum atomic E-state index is 9.21. The van der Waals surface area contributed by atoms with Crippen molar-refractivity contribution in [3.63, 3.8) is 0 Å². The molecule has 0 radical (unpaired) electrons. The molecule has 3 unspecified atom stereocenters. The molecule has 1 saturated carbocycles. The van der Waals surface area contributed by atoms with Crippen LogP contribution < -0.4 is 9.47 Å². The molecule has 0 spiro atoms. The summed E-state index contributed by atoms with van der Waals surface area (Å²) in [5, 5.41) is 9.21. The van der Waals surface area contributed by atoms with Crippen molar-refractivity contribution in [2.75, 3.05) is 6.61 Å². The summed E-state index contributed by atoms with van der Waals surface area (Å²) < 4.78 is 11.8. The van der Waals surface area contributed by atoms with Crippen LogP contribution in [0.3, 0.4) is 0 Å². The van der Waals surface area contributed by atoms with Crippen LogP contribution in [-0.4, -0.2) is 17.8 Å². The fraction of sp³-hybridized carbons (Fsp3) is 0.647. The van der Waals surface area contributed by atoms with Crippen molar-refractivity contribution in [3.8, 4) is 11.5 Å². The molecule has 0 saturated heterocycles. The molecule has 1 aliphatic carbocycles. The largest absolute Gasteiger partial charge is 0.490 e. The van der Waals surface area contributed by atoms with E-state index in [1.54, 1.807) is 0 Å². The van der Waals surface area contributed by atoms with E-state index in [1.807, 2.05) is 25.1 Å². The second kappa shape index (κ2) is 6.98. The fourth-order valence-electron chi connectivity index (χ4n) is 2.80. The first kappa shape index (κ1) is 15.2. The van der Waals surface area contributed by atoms with E-state index in [0.717, 1.165) is 35.8 Å². The number of ether oxygens (including phenoxy) is 2. The predicted molar refractivity (Wildman–Crippen MR) is 80.1 cm³/mol. The Hall–Kier alpha value is -1.22. The lowest BCUT2D eigenvalue weighted by molar-refractivity contribution is 0.0968. The fourth-order valence-corrected chi connectivity index (χ4v) is 2.80. The third-order valence-electron chi connectivity index (χ3n) is 4.33. The van der Waals surface area contributed by atoms with Gasteiger partial charge in [0.05, 0.1) is 19.3 Å². The van der Waals surface area contributed by atoms with Crippen LogP contribution in [0.5, 0.6) is 11.5 Å². The Balaban J connectivity index is 2.08. The smallest absolute Gasteiger partial charge is 0.161 e. The first-order chi connectivity index (χ1) is 9.63. The summed E-state index contributed by atoms with van der Waals surface area (Å²) in [6.07, 6.45) is 3.72. The first-order valence-electron chi connectivity index (χ1n) is 7.67. The average molecular weight is 278 g/mol. The molecule has 1 aliphatic rings. The zero-order valence-corrected chi connectivity index (χ0v) is 12.8. The number of hydrogen-bond donors (Lipinski definition) is 1. The summed E-state index contributed by atoms with van der Waals surface area (Å²) >= 11 is 0. The Morgan fingerprint density at radius 1 is 1.15 bits per heavy atom. The zero-order chi connectivity index (χ0) is 14.5. The Bertz CT molecular complexity index is 430. The van der Waals surface area contributed by atoms with Gasteiger partial charge in [0.25, 0.3) is 0 Å². The van der Waals surface area contributed by atoms with Crippen LogP contribution in [0.1, 0.15) is 45.6 Å². The van der Waals surface area contributed by atoms with Gasteiger partial charge in [0.2, 0.25) is 0 Å². The van der Waals surface area contributed by atoms with Crippen molar-refractivity contribution in [1.29, 1.82) is 0 Å². The van der Waals surface area contributed by atoms with E-state index in [1.165, 1.54) is 6.42 Å². The van der Waals surface area contributed by atoms with Gasteiger partial charge < -0.3 is 14.6 Å². The Morgan fingerprint density at radius 2 is 1.95 bits per heavy atom. The lowest BCUT2D eigenvalue weighted by Crippen LogP contribution is -2.28. The molecular weight excluding hydrogens is 252 g/mol. The summed E-state index contributed by atoms with van der Waals surface area (Å²) in [7, 11) is 0. The standard InChI is InChI=1S/C17H26O3/c1-4-19-17-10-14(11-18)6-8-16(17)20-15-7-5-12(2)13(3)9-15/h6,8,10,12-13,15,18H,4-5,7,9,11H2,1-3H3. The molecule has 0 bridgehead atoms. The topological polar surface area (TPSA) is 38.7 Å². The SMILES string of the molecule is CCOc1cc(CO)ccc1OC1CCC(C)C(C)C1. The summed E-state index contributed by atoms with van der Waals surface area (Å²) in [5.41, 5.74) is 0.853. The van der Waals surface area contributed by atoms with E-state index >= 15 is 0 Å². The lowest BCUT2D eigenvalue weighted by Gasteiger charge is -2.32. The number of rotatable bonds is 5. The minimum absolute atomic E-state index is 0.0261. The van der Waals surface area contributed by atoms with Crippen molar-refractivity contribution in [2.24, 2.45) is 11.8 Å². The highest BCUT2D eigenvalue weighted by atomic mass is 16.5. The van der Waals surface area contributed by atoms with Crippen molar-refractivity contribution >= 4 is 0 Å². The highest BCUT2D eigenvalue weighted by Gasteiger charge is 2.26. The Kier molecular flexibility index (Phi) is 5.30.